The molecule has 0 spiro atoms. The van der Waals surface area contributed by atoms with Crippen molar-refractivity contribution in [3.05, 3.63) is 0 Å². The number of urea groups is 1. The van der Waals surface area contributed by atoms with Crippen LogP contribution in [0.15, 0.2) is 0 Å². The molecule has 3 amide bonds. The van der Waals surface area contributed by atoms with E-state index < -0.39 is 12.3 Å². The quantitative estimate of drug-likeness (QED) is 0.357. The van der Waals surface area contributed by atoms with E-state index in [2.05, 4.69) is 10.6 Å². The Morgan fingerprint density at radius 1 is 1.18 bits per heavy atom. The smallest absolute Gasteiger partial charge is 0.323 e. The van der Waals surface area contributed by atoms with Gasteiger partial charge in [-0.25, -0.2) is 4.79 Å². The first-order valence-electron chi connectivity index (χ1n) is 10.1. The van der Waals surface area contributed by atoms with E-state index in [-0.39, 0.29) is 41.3 Å². The van der Waals surface area contributed by atoms with Crippen molar-refractivity contribution in [1.29, 1.82) is 0 Å². The minimum Gasteiger partial charge on any atom is -0.466 e. The fourth-order valence-electron chi connectivity index (χ4n) is 4.26. The number of imide groups is 1. The van der Waals surface area contributed by atoms with Crippen LogP contribution in [0.3, 0.4) is 0 Å². The number of esters is 1. The number of halogens is 1. The van der Waals surface area contributed by atoms with E-state index >= 15 is 0 Å². The van der Waals surface area contributed by atoms with E-state index in [9.17, 15) is 14.4 Å². The molecule has 9 heteroatoms. The number of rotatable bonds is 8. The first-order valence-corrected chi connectivity index (χ1v) is 10.5. The summed E-state index contributed by atoms with van der Waals surface area (Å²) in [6, 6.07) is -0.520. The standard InChI is InChI=1S/C19H29ClN2O6/c1-11(23)26-8-4-2-3-5-9-27-14-7-6-12-10-13-17(24)21-19(25)22-18(13)28-16(12)15(14)20/h12-16,18H,2-10H2,1H3,(H2,21,22,24,25). The Bertz CT molecular complexity index is 589. The maximum absolute atomic E-state index is 12.0. The van der Waals surface area contributed by atoms with E-state index in [1.165, 1.54) is 6.92 Å². The van der Waals surface area contributed by atoms with Crippen molar-refractivity contribution in [3.8, 4) is 0 Å². The molecular weight excluding hydrogens is 388 g/mol. The molecule has 6 unspecified atom stereocenters. The van der Waals surface area contributed by atoms with Gasteiger partial charge in [0.1, 0.15) is 6.23 Å². The number of ether oxygens (including phenoxy) is 3. The molecule has 0 aromatic rings. The highest BCUT2D eigenvalue weighted by Crippen LogP contribution is 2.41. The second-order valence-corrected chi connectivity index (χ2v) is 8.28. The van der Waals surface area contributed by atoms with Crippen molar-refractivity contribution < 1.29 is 28.6 Å². The molecule has 0 aromatic carbocycles. The summed E-state index contributed by atoms with van der Waals surface area (Å²) in [6.45, 7) is 2.52. The lowest BCUT2D eigenvalue weighted by molar-refractivity contribution is -0.170. The number of hydrogen-bond donors (Lipinski definition) is 2. The van der Waals surface area contributed by atoms with Crippen molar-refractivity contribution in [2.75, 3.05) is 13.2 Å². The predicted octanol–water partition coefficient (Wildman–Crippen LogP) is 2.08. The van der Waals surface area contributed by atoms with Gasteiger partial charge in [-0.1, -0.05) is 6.42 Å². The second-order valence-electron chi connectivity index (χ2n) is 7.77. The molecule has 158 valence electrons. The van der Waals surface area contributed by atoms with E-state index in [0.29, 0.717) is 19.6 Å². The summed E-state index contributed by atoms with van der Waals surface area (Å²) in [6.07, 6.45) is 5.27. The highest BCUT2D eigenvalue weighted by Gasteiger charge is 2.50. The molecule has 0 aromatic heterocycles. The van der Waals surface area contributed by atoms with E-state index in [1.54, 1.807) is 0 Å². The van der Waals surface area contributed by atoms with Gasteiger partial charge in [-0.15, -0.1) is 11.6 Å². The van der Waals surface area contributed by atoms with Crippen molar-refractivity contribution in [2.24, 2.45) is 11.8 Å². The van der Waals surface area contributed by atoms with Crippen LogP contribution in [-0.2, 0) is 23.8 Å². The number of fused-ring (bicyclic) bond motifs is 2. The Labute approximate surface area is 170 Å². The zero-order valence-corrected chi connectivity index (χ0v) is 16.9. The summed E-state index contributed by atoms with van der Waals surface area (Å²) in [5.41, 5.74) is 0. The van der Waals surface area contributed by atoms with Crippen molar-refractivity contribution in [3.63, 3.8) is 0 Å². The number of alkyl halides is 1. The zero-order valence-electron chi connectivity index (χ0n) is 16.2. The third kappa shape index (κ3) is 5.36. The molecule has 2 aliphatic heterocycles. The van der Waals surface area contributed by atoms with Crippen LogP contribution in [0.4, 0.5) is 4.79 Å². The van der Waals surface area contributed by atoms with E-state index in [4.69, 9.17) is 25.8 Å². The van der Waals surface area contributed by atoms with Gasteiger partial charge in [-0.3, -0.25) is 14.9 Å². The molecule has 0 bridgehead atoms. The third-order valence-corrected chi connectivity index (χ3v) is 6.23. The molecule has 3 rings (SSSR count). The number of nitrogens with one attached hydrogen (secondary N) is 2. The largest absolute Gasteiger partial charge is 0.466 e. The van der Waals surface area contributed by atoms with Gasteiger partial charge in [-0.2, -0.15) is 0 Å². The lowest BCUT2D eigenvalue weighted by atomic mass is 9.76. The molecule has 28 heavy (non-hydrogen) atoms. The van der Waals surface area contributed by atoms with E-state index in [1.807, 2.05) is 0 Å². The molecule has 1 aliphatic carbocycles. The van der Waals surface area contributed by atoms with E-state index in [0.717, 1.165) is 38.5 Å². The Balaban J connectivity index is 1.38. The molecule has 2 N–H and O–H groups in total. The van der Waals surface area contributed by atoms with Gasteiger partial charge in [0, 0.05) is 13.5 Å². The molecule has 2 saturated heterocycles. The molecule has 6 atom stereocenters. The molecule has 3 aliphatic rings. The molecule has 1 saturated carbocycles. The van der Waals surface area contributed by atoms with Crippen molar-refractivity contribution in [2.45, 2.75) is 75.7 Å². The SMILES string of the molecule is CC(=O)OCCCCCCOC1CCC2CC3C(=O)NC(=O)NC3OC2C1Cl. The highest BCUT2D eigenvalue weighted by molar-refractivity contribution is 6.21. The minimum atomic E-state index is -0.611. The Kier molecular flexibility index (Phi) is 7.54. The number of carbonyl (C=O) groups is 3. The van der Waals surface area contributed by atoms with Crippen LogP contribution in [0.25, 0.3) is 0 Å². The van der Waals surface area contributed by atoms with Gasteiger partial charge >= 0.3 is 12.0 Å². The molecule has 0 radical (unpaired) electrons. The van der Waals surface area contributed by atoms with Gasteiger partial charge in [0.2, 0.25) is 5.91 Å². The van der Waals surface area contributed by atoms with Crippen molar-refractivity contribution >= 4 is 29.5 Å². The fourth-order valence-corrected chi connectivity index (χ4v) is 4.72. The summed E-state index contributed by atoms with van der Waals surface area (Å²) >= 11 is 6.66. The first kappa shape index (κ1) is 21.3. The summed E-state index contributed by atoms with van der Waals surface area (Å²) in [5.74, 6) is -0.667. The van der Waals surface area contributed by atoms with Gasteiger partial charge in [-0.05, 0) is 44.4 Å². The maximum Gasteiger partial charge on any atom is 0.323 e. The van der Waals surface area contributed by atoms with Crippen LogP contribution in [0.5, 0.6) is 0 Å². The third-order valence-electron chi connectivity index (χ3n) is 5.70. The summed E-state index contributed by atoms with van der Waals surface area (Å²) < 4.78 is 16.9. The molecule has 3 fully saturated rings. The highest BCUT2D eigenvalue weighted by atomic mass is 35.5. The van der Waals surface area contributed by atoms with Crippen LogP contribution in [0.2, 0.25) is 0 Å². The number of unbranched alkanes of at least 4 members (excludes halogenated alkanes) is 3. The van der Waals surface area contributed by atoms with Crippen LogP contribution in [0.1, 0.15) is 51.9 Å². The lowest BCUT2D eigenvalue weighted by Crippen LogP contribution is -2.65. The number of carbonyl (C=O) groups excluding carboxylic acids is 3. The van der Waals surface area contributed by atoms with Crippen molar-refractivity contribution in [1.82, 2.24) is 10.6 Å². The number of hydrogen-bond acceptors (Lipinski definition) is 6. The van der Waals surface area contributed by atoms with Crippen LogP contribution >= 0.6 is 11.6 Å². The Hall–Kier alpha value is -1.38. The lowest BCUT2D eigenvalue weighted by Gasteiger charge is -2.48. The Morgan fingerprint density at radius 3 is 2.68 bits per heavy atom. The monoisotopic (exact) mass is 416 g/mol. The van der Waals surface area contributed by atoms with Gasteiger partial charge in [0.15, 0.2) is 0 Å². The Morgan fingerprint density at radius 2 is 1.93 bits per heavy atom. The zero-order chi connectivity index (χ0) is 20.1. The number of amides is 3. The van der Waals surface area contributed by atoms with Crippen LogP contribution in [0, 0.1) is 11.8 Å². The normalized spacial score (nSPS) is 34.6. The first-order chi connectivity index (χ1) is 13.5. The molecule has 2 heterocycles. The van der Waals surface area contributed by atoms with Gasteiger partial charge in [0.25, 0.3) is 0 Å². The predicted molar refractivity (Wildman–Crippen MR) is 101 cm³/mol. The van der Waals surface area contributed by atoms with Crippen LogP contribution in [-0.4, -0.2) is 54.9 Å². The van der Waals surface area contributed by atoms with Gasteiger partial charge < -0.3 is 19.5 Å². The minimum absolute atomic E-state index is 0.0892. The summed E-state index contributed by atoms with van der Waals surface area (Å²) in [7, 11) is 0. The second kappa shape index (κ2) is 9.89. The summed E-state index contributed by atoms with van der Waals surface area (Å²) in [4.78, 5) is 34.2. The van der Waals surface area contributed by atoms with Gasteiger partial charge in [0.05, 0.1) is 30.1 Å². The molecule has 8 nitrogen and oxygen atoms in total. The molecular formula is C19H29ClN2O6. The average molecular weight is 417 g/mol. The topological polar surface area (TPSA) is 103 Å². The fraction of sp³-hybridized carbons (Fsp3) is 0.842. The average Bonchev–Trinajstić information content (AvgIpc) is 2.64. The summed E-state index contributed by atoms with van der Waals surface area (Å²) in [5, 5.41) is 4.68. The van der Waals surface area contributed by atoms with Crippen LogP contribution < -0.4 is 10.6 Å². The maximum atomic E-state index is 12.0.